The zero-order valence-electron chi connectivity index (χ0n) is 14.7. The Bertz CT molecular complexity index is 271. The molecule has 2 fully saturated rings. The Labute approximate surface area is 120 Å². The predicted molar refractivity (Wildman–Crippen MR) is 84.9 cm³/mol. The standard InChI is InChI=1S/C11H16O2.3C2H6/c1-7(2)9-10(8(3)4)13-11(12-9)5-6-11;3*1-2/h5-6H2,1-4H3;3*1-2H3. The van der Waals surface area contributed by atoms with Gasteiger partial charge in [-0.3, -0.25) is 0 Å². The molecule has 1 saturated heterocycles. The van der Waals surface area contributed by atoms with E-state index in [1.54, 1.807) is 0 Å². The van der Waals surface area contributed by atoms with Gasteiger partial charge in [-0.1, -0.05) is 41.5 Å². The van der Waals surface area contributed by atoms with Crippen molar-refractivity contribution >= 4 is 0 Å². The van der Waals surface area contributed by atoms with Crippen LogP contribution in [-0.2, 0) is 9.47 Å². The molecule has 0 bridgehead atoms. The average molecular weight is 270 g/mol. The first kappa shape index (κ1) is 20.4. The summed E-state index contributed by atoms with van der Waals surface area (Å²) < 4.78 is 11.6. The van der Waals surface area contributed by atoms with E-state index in [9.17, 15) is 0 Å². The molecule has 2 heteroatoms. The van der Waals surface area contributed by atoms with Crippen molar-refractivity contribution in [2.24, 2.45) is 0 Å². The van der Waals surface area contributed by atoms with Gasteiger partial charge in [0.1, 0.15) is 0 Å². The van der Waals surface area contributed by atoms with Crippen molar-refractivity contribution in [2.45, 2.75) is 87.9 Å². The third-order valence-corrected chi connectivity index (χ3v) is 2.35. The zero-order valence-corrected chi connectivity index (χ0v) is 14.7. The number of ether oxygens (including phenoxy) is 2. The smallest absolute Gasteiger partial charge is 0.252 e. The first-order chi connectivity index (χ1) is 9.04. The first-order valence-electron chi connectivity index (χ1n) is 7.77. The molecule has 0 atom stereocenters. The molecule has 1 saturated carbocycles. The molecule has 2 nitrogen and oxygen atoms in total. The lowest BCUT2D eigenvalue weighted by molar-refractivity contribution is -0.0454. The summed E-state index contributed by atoms with van der Waals surface area (Å²) in [4.78, 5) is 0. The normalized spacial score (nSPS) is 16.5. The van der Waals surface area contributed by atoms with Crippen molar-refractivity contribution < 1.29 is 9.47 Å². The Kier molecular flexibility index (Phi) is 10.7. The lowest BCUT2D eigenvalue weighted by atomic mass is 10.2. The minimum Gasteiger partial charge on any atom is -0.449 e. The number of hydrogen-bond donors (Lipinski definition) is 0. The topological polar surface area (TPSA) is 18.5 Å². The molecule has 2 aliphatic rings. The molecule has 1 aliphatic carbocycles. The summed E-state index contributed by atoms with van der Waals surface area (Å²) in [6.45, 7) is 20.2. The number of rotatable bonds is 0. The highest BCUT2D eigenvalue weighted by molar-refractivity contribution is 5.32. The van der Waals surface area contributed by atoms with Crippen LogP contribution in [0, 0.1) is 0 Å². The minimum absolute atomic E-state index is 0.265. The van der Waals surface area contributed by atoms with Crippen LogP contribution in [0.3, 0.4) is 0 Å². The van der Waals surface area contributed by atoms with E-state index in [1.807, 2.05) is 41.5 Å². The Morgan fingerprint density at radius 1 is 0.684 bits per heavy atom. The summed E-state index contributed by atoms with van der Waals surface area (Å²) in [5.74, 6) is 1.65. The maximum absolute atomic E-state index is 5.79. The molecule has 114 valence electrons. The fraction of sp³-hybridized carbons (Fsp3) is 0.765. The van der Waals surface area contributed by atoms with Crippen molar-refractivity contribution in [3.63, 3.8) is 0 Å². The molecule has 1 aliphatic heterocycles. The lowest BCUT2D eigenvalue weighted by Gasteiger charge is -2.04. The Morgan fingerprint density at radius 3 is 1.11 bits per heavy atom. The van der Waals surface area contributed by atoms with Crippen LogP contribution in [0.15, 0.2) is 22.7 Å². The Morgan fingerprint density at radius 2 is 0.947 bits per heavy atom. The second-order valence-corrected chi connectivity index (χ2v) is 4.27. The van der Waals surface area contributed by atoms with E-state index in [2.05, 4.69) is 27.7 Å². The second kappa shape index (κ2) is 9.94. The van der Waals surface area contributed by atoms with Gasteiger partial charge in [0.05, 0.1) is 0 Å². The Balaban J connectivity index is 0. The van der Waals surface area contributed by atoms with Crippen molar-refractivity contribution in [1.29, 1.82) is 0 Å². The van der Waals surface area contributed by atoms with Crippen molar-refractivity contribution in [3.05, 3.63) is 22.7 Å². The molecule has 0 aromatic carbocycles. The quantitative estimate of drug-likeness (QED) is 0.522. The summed E-state index contributed by atoms with van der Waals surface area (Å²) in [5.41, 5.74) is 2.39. The molecule has 1 spiro atoms. The third kappa shape index (κ3) is 5.71. The van der Waals surface area contributed by atoms with Crippen LogP contribution in [0.1, 0.15) is 82.1 Å². The molecule has 1 heterocycles. The van der Waals surface area contributed by atoms with Crippen LogP contribution in [0.2, 0.25) is 0 Å². The van der Waals surface area contributed by atoms with E-state index in [4.69, 9.17) is 9.47 Å². The predicted octanol–water partition coefficient (Wildman–Crippen LogP) is 6.19. The van der Waals surface area contributed by atoms with E-state index >= 15 is 0 Å². The van der Waals surface area contributed by atoms with Gasteiger partial charge < -0.3 is 9.47 Å². The highest BCUT2D eigenvalue weighted by atomic mass is 16.8. The van der Waals surface area contributed by atoms with Gasteiger partial charge in [0, 0.05) is 12.8 Å². The van der Waals surface area contributed by atoms with E-state index in [-0.39, 0.29) is 5.79 Å². The number of hydrogen-bond acceptors (Lipinski definition) is 2. The van der Waals surface area contributed by atoms with Gasteiger partial charge in [0.15, 0.2) is 11.5 Å². The maximum atomic E-state index is 5.79. The maximum Gasteiger partial charge on any atom is 0.252 e. The number of allylic oxidation sites excluding steroid dienone is 2. The lowest BCUT2D eigenvalue weighted by Crippen LogP contribution is -2.05. The fourth-order valence-electron chi connectivity index (χ4n) is 1.45. The van der Waals surface area contributed by atoms with E-state index < -0.39 is 0 Å². The molecule has 0 aromatic rings. The summed E-state index contributed by atoms with van der Waals surface area (Å²) in [6, 6.07) is 0. The molecule has 0 amide bonds. The minimum atomic E-state index is -0.265. The van der Waals surface area contributed by atoms with Crippen molar-refractivity contribution in [3.8, 4) is 0 Å². The van der Waals surface area contributed by atoms with Crippen LogP contribution < -0.4 is 0 Å². The second-order valence-electron chi connectivity index (χ2n) is 4.27. The van der Waals surface area contributed by atoms with Crippen LogP contribution in [0.25, 0.3) is 0 Å². The average Bonchev–Trinajstić information content (AvgIpc) is 3.07. The molecular formula is C17H34O2. The summed E-state index contributed by atoms with van der Waals surface area (Å²) in [6.07, 6.45) is 2.06. The van der Waals surface area contributed by atoms with E-state index in [0.717, 1.165) is 24.4 Å². The molecule has 0 N–H and O–H groups in total. The van der Waals surface area contributed by atoms with Gasteiger partial charge in [0.2, 0.25) is 0 Å². The van der Waals surface area contributed by atoms with Gasteiger partial charge in [-0.15, -0.1) is 0 Å². The Hall–Kier alpha value is -0.920. The molecule has 19 heavy (non-hydrogen) atoms. The molecule has 0 aromatic heterocycles. The van der Waals surface area contributed by atoms with Crippen LogP contribution in [-0.4, -0.2) is 5.79 Å². The van der Waals surface area contributed by atoms with E-state index in [0.29, 0.717) is 0 Å². The largest absolute Gasteiger partial charge is 0.449 e. The van der Waals surface area contributed by atoms with E-state index in [1.165, 1.54) is 11.1 Å². The van der Waals surface area contributed by atoms with Gasteiger partial charge >= 0.3 is 0 Å². The zero-order chi connectivity index (χ0) is 15.6. The van der Waals surface area contributed by atoms with Crippen molar-refractivity contribution in [2.75, 3.05) is 0 Å². The highest BCUT2D eigenvalue weighted by Crippen LogP contribution is 2.52. The van der Waals surface area contributed by atoms with Crippen LogP contribution >= 0.6 is 0 Å². The molecular weight excluding hydrogens is 236 g/mol. The summed E-state index contributed by atoms with van der Waals surface area (Å²) in [7, 11) is 0. The van der Waals surface area contributed by atoms with Crippen LogP contribution in [0.4, 0.5) is 0 Å². The SMILES string of the molecule is CC.CC.CC.CC(C)=C1OC2(CC2)OC1=C(C)C. The summed E-state index contributed by atoms with van der Waals surface area (Å²) >= 11 is 0. The fourth-order valence-corrected chi connectivity index (χ4v) is 1.45. The molecule has 0 unspecified atom stereocenters. The van der Waals surface area contributed by atoms with Crippen LogP contribution in [0.5, 0.6) is 0 Å². The highest BCUT2D eigenvalue weighted by Gasteiger charge is 2.55. The van der Waals surface area contributed by atoms with Gasteiger partial charge in [-0.05, 0) is 38.8 Å². The van der Waals surface area contributed by atoms with Gasteiger partial charge in [-0.25, -0.2) is 0 Å². The van der Waals surface area contributed by atoms with Crippen molar-refractivity contribution in [1.82, 2.24) is 0 Å². The molecule has 2 rings (SSSR count). The monoisotopic (exact) mass is 270 g/mol. The van der Waals surface area contributed by atoms with Gasteiger partial charge in [0.25, 0.3) is 5.79 Å². The first-order valence-corrected chi connectivity index (χ1v) is 7.77. The third-order valence-electron chi connectivity index (χ3n) is 2.35. The summed E-state index contributed by atoms with van der Waals surface area (Å²) in [5, 5.41) is 0. The van der Waals surface area contributed by atoms with Gasteiger partial charge in [-0.2, -0.15) is 0 Å². The molecule has 0 radical (unpaired) electrons.